The van der Waals surface area contributed by atoms with E-state index in [2.05, 4.69) is 0 Å². The minimum absolute atomic E-state index is 0.107. The van der Waals surface area contributed by atoms with Crippen LogP contribution in [0.2, 0.25) is 0 Å². The van der Waals surface area contributed by atoms with Gasteiger partial charge in [-0.2, -0.15) is 8.78 Å². The quantitative estimate of drug-likeness (QED) is 0.901. The fraction of sp³-hybridized carbons (Fsp3) is 0.308. The molecule has 0 amide bonds. The van der Waals surface area contributed by atoms with Gasteiger partial charge >= 0.3 is 5.92 Å². The molecule has 0 saturated heterocycles. The van der Waals surface area contributed by atoms with Crippen LogP contribution in [0.4, 0.5) is 13.2 Å². The summed E-state index contributed by atoms with van der Waals surface area (Å²) in [6.45, 7) is 2.08. The minimum atomic E-state index is -3.87. The highest BCUT2D eigenvalue weighted by molar-refractivity contribution is 5.84. The van der Waals surface area contributed by atoms with Gasteiger partial charge in [0.1, 0.15) is 11.9 Å². The molecule has 1 rings (SSSR count). The number of allylic oxidation sites excluding steroid dienone is 1. The molecule has 0 bridgehead atoms. The predicted molar refractivity (Wildman–Crippen MR) is 61.7 cm³/mol. The Morgan fingerprint density at radius 2 is 1.89 bits per heavy atom. The normalized spacial score (nSPS) is 14.4. The first-order valence-electron chi connectivity index (χ1n) is 5.27. The topological polar surface area (TPSA) is 37.3 Å². The van der Waals surface area contributed by atoms with E-state index in [1.54, 1.807) is 6.07 Å². The number of aliphatic hydroxyl groups is 1. The number of rotatable bonds is 4. The van der Waals surface area contributed by atoms with Gasteiger partial charge in [-0.15, -0.1) is 0 Å². The van der Waals surface area contributed by atoms with Crippen LogP contribution < -0.4 is 0 Å². The summed E-state index contributed by atoms with van der Waals surface area (Å²) < 4.78 is 39.7. The molecular formula is C13H13F3O2. The van der Waals surface area contributed by atoms with Crippen molar-refractivity contribution < 1.29 is 23.1 Å². The number of alkyl halides is 2. The van der Waals surface area contributed by atoms with Gasteiger partial charge in [-0.05, 0) is 24.6 Å². The lowest BCUT2D eigenvalue weighted by atomic mass is 10.0. The van der Waals surface area contributed by atoms with Crippen molar-refractivity contribution in [3.8, 4) is 0 Å². The Labute approximate surface area is 103 Å². The molecule has 2 nitrogen and oxygen atoms in total. The van der Waals surface area contributed by atoms with E-state index in [-0.39, 0.29) is 11.1 Å². The van der Waals surface area contributed by atoms with Crippen molar-refractivity contribution in [2.45, 2.75) is 25.9 Å². The van der Waals surface area contributed by atoms with Crippen molar-refractivity contribution >= 4 is 11.4 Å². The van der Waals surface area contributed by atoms with Crippen LogP contribution in [0.25, 0.3) is 5.57 Å². The molecule has 1 N–H and O–H groups in total. The fourth-order valence-corrected chi connectivity index (χ4v) is 1.42. The molecule has 1 atom stereocenters. The number of Topliss-reactive ketones (excluding diaryl/α,β-unsaturated/α-hetero) is 1. The van der Waals surface area contributed by atoms with Crippen molar-refractivity contribution in [3.63, 3.8) is 0 Å². The molecule has 98 valence electrons. The van der Waals surface area contributed by atoms with Crippen LogP contribution in [0.1, 0.15) is 19.4 Å². The Hall–Kier alpha value is -1.62. The van der Waals surface area contributed by atoms with Crippen LogP contribution >= 0.6 is 0 Å². The average molecular weight is 258 g/mol. The zero-order chi connectivity index (χ0) is 13.9. The number of benzene rings is 1. The number of halogens is 3. The number of carbonyl (C=O) groups is 1. The molecule has 0 aliphatic carbocycles. The van der Waals surface area contributed by atoms with Crippen molar-refractivity contribution in [2.24, 2.45) is 0 Å². The lowest BCUT2D eigenvalue weighted by Gasteiger charge is -2.17. The fourth-order valence-electron chi connectivity index (χ4n) is 1.42. The van der Waals surface area contributed by atoms with Crippen molar-refractivity contribution in [1.82, 2.24) is 0 Å². The van der Waals surface area contributed by atoms with Gasteiger partial charge < -0.3 is 5.11 Å². The molecule has 0 saturated carbocycles. The summed E-state index contributed by atoms with van der Waals surface area (Å²) in [6, 6.07) is 5.60. The summed E-state index contributed by atoms with van der Waals surface area (Å²) in [5.74, 6) is -5.89. The summed E-state index contributed by atoms with van der Waals surface area (Å²) in [7, 11) is 0. The SMILES string of the molecule is CC(=O)C(F)(F)[C@@H](O)/C=C(\C)c1ccccc1F. The second-order valence-corrected chi connectivity index (χ2v) is 3.95. The Balaban J connectivity index is 3.04. The van der Waals surface area contributed by atoms with E-state index < -0.39 is 23.6 Å². The number of aliphatic hydroxyl groups excluding tert-OH is 1. The van der Waals surface area contributed by atoms with Crippen LogP contribution in [0.3, 0.4) is 0 Å². The molecule has 0 aromatic heterocycles. The third-order valence-corrected chi connectivity index (χ3v) is 2.55. The highest BCUT2D eigenvalue weighted by atomic mass is 19.3. The van der Waals surface area contributed by atoms with Crippen LogP contribution in [0, 0.1) is 5.82 Å². The van der Waals surface area contributed by atoms with Gasteiger partial charge in [0, 0.05) is 12.5 Å². The molecule has 0 unspecified atom stereocenters. The molecular weight excluding hydrogens is 245 g/mol. The smallest absolute Gasteiger partial charge is 0.333 e. The van der Waals surface area contributed by atoms with Crippen LogP contribution in [-0.4, -0.2) is 22.9 Å². The molecule has 0 aliphatic heterocycles. The van der Waals surface area contributed by atoms with Gasteiger partial charge in [0.15, 0.2) is 0 Å². The lowest BCUT2D eigenvalue weighted by Crippen LogP contribution is -2.38. The predicted octanol–water partition coefficient (Wildman–Crippen LogP) is 2.81. The van der Waals surface area contributed by atoms with Gasteiger partial charge in [-0.25, -0.2) is 4.39 Å². The molecule has 0 spiro atoms. The molecule has 1 aromatic rings. The third kappa shape index (κ3) is 2.98. The van der Waals surface area contributed by atoms with Crippen LogP contribution in [-0.2, 0) is 4.79 Å². The van der Waals surface area contributed by atoms with E-state index in [1.807, 2.05) is 0 Å². The Bertz CT molecular complexity index is 481. The van der Waals surface area contributed by atoms with Crippen molar-refractivity contribution in [1.29, 1.82) is 0 Å². The minimum Gasteiger partial charge on any atom is -0.382 e. The Morgan fingerprint density at radius 3 is 2.39 bits per heavy atom. The summed E-state index contributed by atoms with van der Waals surface area (Å²) >= 11 is 0. The summed E-state index contributed by atoms with van der Waals surface area (Å²) in [5, 5.41) is 9.30. The van der Waals surface area contributed by atoms with Gasteiger partial charge in [0.25, 0.3) is 0 Å². The highest BCUT2D eigenvalue weighted by Gasteiger charge is 2.42. The molecule has 0 radical (unpaired) electrons. The Kier molecular flexibility index (Phi) is 4.29. The van der Waals surface area contributed by atoms with Crippen LogP contribution in [0.5, 0.6) is 0 Å². The zero-order valence-corrected chi connectivity index (χ0v) is 9.95. The molecule has 1 aromatic carbocycles. The maximum absolute atomic E-state index is 13.4. The van der Waals surface area contributed by atoms with Crippen molar-refractivity contribution in [2.75, 3.05) is 0 Å². The van der Waals surface area contributed by atoms with Gasteiger partial charge in [-0.3, -0.25) is 4.79 Å². The first-order chi connectivity index (χ1) is 8.26. The van der Waals surface area contributed by atoms with E-state index in [4.69, 9.17) is 0 Å². The zero-order valence-electron chi connectivity index (χ0n) is 9.95. The largest absolute Gasteiger partial charge is 0.382 e. The molecule has 0 heterocycles. The first kappa shape index (κ1) is 14.4. The number of carbonyl (C=O) groups excluding carboxylic acids is 1. The first-order valence-corrected chi connectivity index (χ1v) is 5.27. The van der Waals surface area contributed by atoms with E-state index >= 15 is 0 Å². The molecule has 0 fully saturated rings. The number of ketones is 1. The van der Waals surface area contributed by atoms with Gasteiger partial charge in [0.05, 0.1) is 0 Å². The summed E-state index contributed by atoms with van der Waals surface area (Å²) in [4.78, 5) is 10.7. The number of hydrogen-bond acceptors (Lipinski definition) is 2. The van der Waals surface area contributed by atoms with E-state index in [1.165, 1.54) is 25.1 Å². The summed E-state index contributed by atoms with van der Waals surface area (Å²) in [5.41, 5.74) is 0.248. The van der Waals surface area contributed by atoms with Crippen molar-refractivity contribution in [3.05, 3.63) is 41.7 Å². The Morgan fingerprint density at radius 1 is 1.33 bits per heavy atom. The van der Waals surface area contributed by atoms with E-state index in [0.717, 1.165) is 6.08 Å². The van der Waals surface area contributed by atoms with Crippen LogP contribution in [0.15, 0.2) is 30.3 Å². The average Bonchev–Trinajstić information content (AvgIpc) is 2.28. The van der Waals surface area contributed by atoms with Gasteiger partial charge in [0.2, 0.25) is 5.78 Å². The molecule has 18 heavy (non-hydrogen) atoms. The second-order valence-electron chi connectivity index (χ2n) is 3.95. The third-order valence-electron chi connectivity index (χ3n) is 2.55. The van der Waals surface area contributed by atoms with Gasteiger partial charge in [-0.1, -0.05) is 18.2 Å². The second kappa shape index (κ2) is 5.35. The lowest BCUT2D eigenvalue weighted by molar-refractivity contribution is -0.152. The maximum atomic E-state index is 13.4. The highest BCUT2D eigenvalue weighted by Crippen LogP contribution is 2.25. The summed E-state index contributed by atoms with van der Waals surface area (Å²) in [6.07, 6.45) is -1.49. The molecule has 0 aliphatic rings. The maximum Gasteiger partial charge on any atom is 0.333 e. The van der Waals surface area contributed by atoms with E-state index in [0.29, 0.717) is 6.92 Å². The standard InChI is InChI=1S/C13H13F3O2/c1-8(10-5-3-4-6-11(10)14)7-12(18)13(15,16)9(2)17/h3-7,12,18H,1-2H3/b8-7+/t12-/m0/s1. The number of hydrogen-bond donors (Lipinski definition) is 1. The van der Waals surface area contributed by atoms with E-state index in [9.17, 15) is 23.1 Å². The monoisotopic (exact) mass is 258 g/mol. The molecule has 5 heteroatoms.